The van der Waals surface area contributed by atoms with Crippen LogP contribution in [0.25, 0.3) is 0 Å². The van der Waals surface area contributed by atoms with E-state index < -0.39 is 5.97 Å². The lowest BCUT2D eigenvalue weighted by Gasteiger charge is -1.93. The molecule has 0 N–H and O–H groups in total. The summed E-state index contributed by atoms with van der Waals surface area (Å²) in [6.07, 6.45) is 3.58. The molecule has 0 saturated carbocycles. The van der Waals surface area contributed by atoms with Gasteiger partial charge in [0.25, 0.3) is 0 Å². The molecule has 0 aromatic carbocycles. The molecular formula is C10H14O4. The van der Waals surface area contributed by atoms with Gasteiger partial charge in [-0.1, -0.05) is 0 Å². The fourth-order valence-electron chi connectivity index (χ4n) is 0.686. The first-order valence-corrected chi connectivity index (χ1v) is 4.35. The molecular weight excluding hydrogens is 184 g/mol. The highest BCUT2D eigenvalue weighted by Crippen LogP contribution is 1.92. The average Bonchev–Trinajstić information content (AvgIpc) is 2.17. The van der Waals surface area contributed by atoms with Gasteiger partial charge in [0.05, 0.1) is 19.8 Å². The molecule has 0 bridgehead atoms. The Hall–Kier alpha value is -1.54. The van der Waals surface area contributed by atoms with Gasteiger partial charge in [-0.2, -0.15) is 0 Å². The van der Waals surface area contributed by atoms with E-state index in [9.17, 15) is 9.59 Å². The zero-order chi connectivity index (χ0) is 10.8. The zero-order valence-corrected chi connectivity index (χ0v) is 8.41. The molecule has 0 aliphatic carbocycles. The summed E-state index contributed by atoms with van der Waals surface area (Å²) in [4.78, 5) is 21.4. The number of carbonyl (C=O) groups is 2. The van der Waals surface area contributed by atoms with Crippen molar-refractivity contribution in [1.29, 1.82) is 0 Å². The van der Waals surface area contributed by atoms with Crippen LogP contribution in [0.15, 0.2) is 17.9 Å². The van der Waals surface area contributed by atoms with Gasteiger partial charge in [-0.05, 0) is 19.4 Å². The van der Waals surface area contributed by atoms with Crippen molar-refractivity contribution in [2.75, 3.05) is 13.7 Å². The Labute approximate surface area is 83.2 Å². The molecule has 0 spiro atoms. The predicted octanol–water partition coefficient (Wildman–Crippen LogP) is 1.21. The molecule has 0 amide bonds. The first-order chi connectivity index (χ1) is 6.70. The van der Waals surface area contributed by atoms with E-state index in [-0.39, 0.29) is 5.97 Å². The van der Waals surface area contributed by atoms with Crippen molar-refractivity contribution in [2.45, 2.75) is 19.8 Å². The summed E-state index contributed by atoms with van der Waals surface area (Å²) in [5, 5.41) is 0. The Kier molecular flexibility index (Phi) is 7.19. The molecule has 0 saturated heterocycles. The van der Waals surface area contributed by atoms with E-state index in [0.717, 1.165) is 0 Å². The van der Waals surface area contributed by atoms with Crippen LogP contribution in [0.3, 0.4) is 0 Å². The summed E-state index contributed by atoms with van der Waals surface area (Å²) in [5.41, 5.74) is 2.62. The number of ether oxygens (including phenoxy) is 2. The largest absolute Gasteiger partial charge is 0.469 e. The smallest absolute Gasteiger partial charge is 0.338 e. The molecule has 0 aliphatic rings. The molecule has 0 unspecified atom stereocenters. The highest BCUT2D eigenvalue weighted by molar-refractivity contribution is 5.81. The maximum absolute atomic E-state index is 10.7. The Balaban J connectivity index is 3.71. The first kappa shape index (κ1) is 12.5. The van der Waals surface area contributed by atoms with Gasteiger partial charge < -0.3 is 9.47 Å². The minimum Gasteiger partial charge on any atom is -0.469 e. The second-order valence-corrected chi connectivity index (χ2v) is 2.38. The fraction of sp³-hybridized carbons (Fsp3) is 0.500. The molecule has 0 rings (SSSR count). The molecule has 0 aromatic heterocycles. The van der Waals surface area contributed by atoms with Gasteiger partial charge in [0.2, 0.25) is 0 Å². The van der Waals surface area contributed by atoms with Crippen molar-refractivity contribution >= 4 is 11.9 Å². The highest BCUT2D eigenvalue weighted by Gasteiger charge is 1.95. The monoisotopic (exact) mass is 198 g/mol. The van der Waals surface area contributed by atoms with Crippen LogP contribution in [0, 0.1) is 0 Å². The topological polar surface area (TPSA) is 52.6 Å². The Morgan fingerprint density at radius 3 is 2.71 bits per heavy atom. The molecule has 0 aromatic rings. The lowest BCUT2D eigenvalue weighted by Crippen LogP contribution is -1.98. The van der Waals surface area contributed by atoms with Gasteiger partial charge >= 0.3 is 11.9 Å². The van der Waals surface area contributed by atoms with Gasteiger partial charge in [0.1, 0.15) is 0 Å². The molecule has 14 heavy (non-hydrogen) atoms. The summed E-state index contributed by atoms with van der Waals surface area (Å²) in [6, 6.07) is 0. The van der Waals surface area contributed by atoms with E-state index in [1.807, 2.05) is 0 Å². The maximum atomic E-state index is 10.7. The summed E-state index contributed by atoms with van der Waals surface area (Å²) in [6.45, 7) is 2.08. The number of rotatable bonds is 5. The van der Waals surface area contributed by atoms with Crippen molar-refractivity contribution in [1.82, 2.24) is 0 Å². The third-order valence-electron chi connectivity index (χ3n) is 1.33. The van der Waals surface area contributed by atoms with Crippen LogP contribution in [0.4, 0.5) is 0 Å². The molecule has 0 heterocycles. The Morgan fingerprint density at radius 1 is 1.43 bits per heavy atom. The van der Waals surface area contributed by atoms with Crippen LogP contribution in [-0.4, -0.2) is 25.7 Å². The number of esters is 2. The van der Waals surface area contributed by atoms with Crippen molar-refractivity contribution in [3.8, 4) is 0 Å². The average molecular weight is 198 g/mol. The molecule has 0 fully saturated rings. The minimum absolute atomic E-state index is 0.279. The number of hydrogen-bond acceptors (Lipinski definition) is 4. The van der Waals surface area contributed by atoms with E-state index in [4.69, 9.17) is 0 Å². The molecule has 0 radical (unpaired) electrons. The molecule has 0 atom stereocenters. The maximum Gasteiger partial charge on any atom is 0.338 e. The summed E-state index contributed by atoms with van der Waals surface area (Å²) >= 11 is 0. The van der Waals surface area contributed by atoms with Crippen LogP contribution in [-0.2, 0) is 19.1 Å². The van der Waals surface area contributed by atoms with Gasteiger partial charge in [-0.25, -0.2) is 4.79 Å². The van der Waals surface area contributed by atoms with E-state index in [0.29, 0.717) is 19.4 Å². The Morgan fingerprint density at radius 2 is 2.14 bits per heavy atom. The van der Waals surface area contributed by atoms with Gasteiger partial charge in [0, 0.05) is 6.42 Å². The zero-order valence-electron chi connectivity index (χ0n) is 8.41. The molecule has 4 heteroatoms. The summed E-state index contributed by atoms with van der Waals surface area (Å²) in [5.74, 6) is -0.707. The predicted molar refractivity (Wildman–Crippen MR) is 50.5 cm³/mol. The molecule has 0 aliphatic heterocycles. The quantitative estimate of drug-likeness (QED) is 0.378. The third-order valence-corrected chi connectivity index (χ3v) is 1.33. The van der Waals surface area contributed by atoms with Gasteiger partial charge in [-0.3, -0.25) is 4.79 Å². The molecule has 78 valence electrons. The van der Waals surface area contributed by atoms with E-state index in [1.165, 1.54) is 13.2 Å². The van der Waals surface area contributed by atoms with Crippen LogP contribution in [0.2, 0.25) is 0 Å². The standard InChI is InChI=1S/C10H14O4/c1-3-14-10(12)8-6-4-5-7-9(11)13-2/h4,8H,3,5,7H2,1-2H3. The van der Waals surface area contributed by atoms with Crippen LogP contribution in [0.1, 0.15) is 19.8 Å². The van der Waals surface area contributed by atoms with E-state index in [1.54, 1.807) is 13.0 Å². The van der Waals surface area contributed by atoms with Gasteiger partial charge in [0.15, 0.2) is 0 Å². The van der Waals surface area contributed by atoms with E-state index >= 15 is 0 Å². The molecule has 4 nitrogen and oxygen atoms in total. The first-order valence-electron chi connectivity index (χ1n) is 4.35. The fourth-order valence-corrected chi connectivity index (χ4v) is 0.686. The van der Waals surface area contributed by atoms with E-state index in [2.05, 4.69) is 15.2 Å². The second-order valence-electron chi connectivity index (χ2n) is 2.38. The van der Waals surface area contributed by atoms with Crippen molar-refractivity contribution in [3.05, 3.63) is 17.9 Å². The van der Waals surface area contributed by atoms with Gasteiger partial charge in [-0.15, -0.1) is 5.73 Å². The summed E-state index contributed by atoms with van der Waals surface area (Å²) < 4.78 is 9.05. The lowest BCUT2D eigenvalue weighted by molar-refractivity contribution is -0.140. The van der Waals surface area contributed by atoms with Crippen LogP contribution < -0.4 is 0 Å². The third kappa shape index (κ3) is 7.13. The second kappa shape index (κ2) is 8.08. The summed E-state index contributed by atoms with van der Waals surface area (Å²) in [7, 11) is 1.33. The highest BCUT2D eigenvalue weighted by atomic mass is 16.5. The SMILES string of the molecule is CCOC(=O)C=C=CCCC(=O)OC. The number of hydrogen-bond donors (Lipinski definition) is 0. The lowest BCUT2D eigenvalue weighted by atomic mass is 10.3. The normalized spacial score (nSPS) is 8.43. The number of methoxy groups -OCH3 is 1. The number of carbonyl (C=O) groups excluding carboxylic acids is 2. The van der Waals surface area contributed by atoms with Crippen molar-refractivity contribution in [3.63, 3.8) is 0 Å². The Bertz CT molecular complexity index is 249. The van der Waals surface area contributed by atoms with Crippen LogP contribution >= 0.6 is 0 Å². The van der Waals surface area contributed by atoms with Crippen molar-refractivity contribution < 1.29 is 19.1 Å². The van der Waals surface area contributed by atoms with Crippen molar-refractivity contribution in [2.24, 2.45) is 0 Å². The minimum atomic E-state index is -0.429. The van der Waals surface area contributed by atoms with Crippen LogP contribution in [0.5, 0.6) is 0 Å².